The molecule has 1 fully saturated rings. The molecule has 1 aliphatic rings. The zero-order valence-electron chi connectivity index (χ0n) is 19.1. The summed E-state index contributed by atoms with van der Waals surface area (Å²) in [5.74, 6) is 1.55. The molecular weight excluding hydrogens is 434 g/mol. The van der Waals surface area contributed by atoms with E-state index in [1.807, 2.05) is 65.6 Å². The Bertz CT molecular complexity index is 1400. The van der Waals surface area contributed by atoms with Gasteiger partial charge in [-0.1, -0.05) is 49.0 Å². The van der Waals surface area contributed by atoms with Crippen LogP contribution in [0.15, 0.2) is 52.4 Å². The van der Waals surface area contributed by atoms with Crippen molar-refractivity contribution in [2.24, 2.45) is 5.92 Å². The molecule has 8 heteroatoms. The fourth-order valence-corrected chi connectivity index (χ4v) is 5.45. The highest BCUT2D eigenvalue weighted by Gasteiger charge is 2.23. The minimum Gasteiger partial charge on any atom is -0.342 e. The summed E-state index contributed by atoms with van der Waals surface area (Å²) in [5, 5.41) is 10.0. The van der Waals surface area contributed by atoms with E-state index in [0.29, 0.717) is 28.0 Å². The predicted octanol–water partition coefficient (Wildman–Crippen LogP) is 4.00. The first-order chi connectivity index (χ1) is 16.0. The molecule has 1 aliphatic heterocycles. The Kier molecular flexibility index (Phi) is 5.70. The molecule has 0 unspecified atom stereocenters. The highest BCUT2D eigenvalue weighted by molar-refractivity contribution is 7.99. The van der Waals surface area contributed by atoms with E-state index in [1.165, 1.54) is 11.8 Å². The van der Waals surface area contributed by atoms with E-state index in [4.69, 9.17) is 0 Å². The molecule has 0 N–H and O–H groups in total. The smallest absolute Gasteiger partial charge is 0.267 e. The van der Waals surface area contributed by atoms with E-state index in [0.717, 1.165) is 48.3 Å². The minimum absolute atomic E-state index is 0.121. The number of para-hydroxylation sites is 2. The standard InChI is InChI=1S/C25H27N5O2S/c1-16-11-13-28(14-12-16)21(31)15-33-25-27-26-24-29(25)20-10-5-4-9-19(20)23(32)30(24)22-17(2)7-6-8-18(22)3/h4-10,16H,11-15H2,1-3H3. The van der Waals surface area contributed by atoms with Crippen LogP contribution in [0.3, 0.4) is 0 Å². The Morgan fingerprint density at radius 1 is 1.03 bits per heavy atom. The molecule has 170 valence electrons. The summed E-state index contributed by atoms with van der Waals surface area (Å²) in [7, 11) is 0. The number of likely N-dealkylation sites (tertiary alicyclic amines) is 1. The third-order valence-electron chi connectivity index (χ3n) is 6.52. The zero-order valence-corrected chi connectivity index (χ0v) is 19.9. The van der Waals surface area contributed by atoms with Crippen molar-refractivity contribution >= 4 is 34.3 Å². The number of aromatic nitrogens is 4. The molecule has 0 atom stereocenters. The van der Waals surface area contributed by atoms with Crippen molar-refractivity contribution in [2.45, 2.75) is 38.8 Å². The molecule has 0 saturated carbocycles. The SMILES string of the molecule is Cc1cccc(C)c1-n1c(=O)c2ccccc2n2c(SCC(=O)N3CCC(C)CC3)nnc12. The van der Waals surface area contributed by atoms with Crippen LogP contribution in [0.25, 0.3) is 22.4 Å². The van der Waals surface area contributed by atoms with Crippen molar-refractivity contribution in [1.29, 1.82) is 0 Å². The van der Waals surface area contributed by atoms with Gasteiger partial charge in [-0.2, -0.15) is 0 Å². The quantitative estimate of drug-likeness (QED) is 0.430. The fourth-order valence-electron chi connectivity index (χ4n) is 4.61. The molecule has 0 radical (unpaired) electrons. The fraction of sp³-hybridized carbons (Fsp3) is 0.360. The number of carbonyl (C=O) groups excluding carboxylic acids is 1. The maximum atomic E-state index is 13.6. The molecule has 0 bridgehead atoms. The Labute approximate surface area is 196 Å². The van der Waals surface area contributed by atoms with Crippen molar-refractivity contribution < 1.29 is 4.79 Å². The van der Waals surface area contributed by atoms with Crippen LogP contribution >= 0.6 is 11.8 Å². The van der Waals surface area contributed by atoms with Crippen molar-refractivity contribution in [1.82, 2.24) is 24.1 Å². The number of thioether (sulfide) groups is 1. The summed E-state index contributed by atoms with van der Waals surface area (Å²) in [4.78, 5) is 28.3. The van der Waals surface area contributed by atoms with Gasteiger partial charge in [0.1, 0.15) is 0 Å². The van der Waals surface area contributed by atoms with Gasteiger partial charge < -0.3 is 4.90 Å². The molecule has 33 heavy (non-hydrogen) atoms. The first-order valence-electron chi connectivity index (χ1n) is 11.3. The Balaban J connectivity index is 1.60. The highest BCUT2D eigenvalue weighted by atomic mass is 32.2. The maximum Gasteiger partial charge on any atom is 0.267 e. The van der Waals surface area contributed by atoms with Crippen molar-refractivity contribution in [3.63, 3.8) is 0 Å². The topological polar surface area (TPSA) is 72.5 Å². The van der Waals surface area contributed by atoms with Crippen LogP contribution in [-0.4, -0.2) is 48.8 Å². The second-order valence-electron chi connectivity index (χ2n) is 8.87. The zero-order chi connectivity index (χ0) is 23.1. The molecule has 7 nitrogen and oxygen atoms in total. The van der Waals surface area contributed by atoms with Crippen LogP contribution in [0.1, 0.15) is 30.9 Å². The lowest BCUT2D eigenvalue weighted by Crippen LogP contribution is -2.38. The van der Waals surface area contributed by atoms with Crippen LogP contribution in [0.4, 0.5) is 0 Å². The minimum atomic E-state index is -0.127. The van der Waals surface area contributed by atoms with Crippen LogP contribution in [0.5, 0.6) is 0 Å². The van der Waals surface area contributed by atoms with Gasteiger partial charge in [0, 0.05) is 13.1 Å². The summed E-state index contributed by atoms with van der Waals surface area (Å²) in [6.45, 7) is 7.85. The van der Waals surface area contributed by atoms with Crippen LogP contribution < -0.4 is 5.56 Å². The molecule has 2 aromatic carbocycles. The van der Waals surface area contributed by atoms with Crippen LogP contribution in [0.2, 0.25) is 0 Å². The number of carbonyl (C=O) groups is 1. The molecule has 5 rings (SSSR count). The number of hydrogen-bond donors (Lipinski definition) is 0. The molecule has 3 heterocycles. The number of aryl methyl sites for hydroxylation is 2. The van der Waals surface area contributed by atoms with E-state index < -0.39 is 0 Å². The lowest BCUT2D eigenvalue weighted by Gasteiger charge is -2.30. The van der Waals surface area contributed by atoms with E-state index in [2.05, 4.69) is 17.1 Å². The number of benzene rings is 2. The molecule has 0 spiro atoms. The molecule has 4 aromatic rings. The number of hydrogen-bond acceptors (Lipinski definition) is 5. The van der Waals surface area contributed by atoms with Gasteiger partial charge in [-0.15, -0.1) is 10.2 Å². The van der Waals surface area contributed by atoms with Gasteiger partial charge in [-0.3, -0.25) is 14.0 Å². The summed E-state index contributed by atoms with van der Waals surface area (Å²) >= 11 is 1.37. The van der Waals surface area contributed by atoms with Gasteiger partial charge in [-0.05, 0) is 55.9 Å². The average Bonchev–Trinajstić information content (AvgIpc) is 3.23. The van der Waals surface area contributed by atoms with Gasteiger partial charge >= 0.3 is 0 Å². The maximum absolute atomic E-state index is 13.6. The summed E-state index contributed by atoms with van der Waals surface area (Å²) in [6, 6.07) is 13.5. The van der Waals surface area contributed by atoms with Gasteiger partial charge in [0.05, 0.1) is 22.3 Å². The average molecular weight is 462 g/mol. The highest BCUT2D eigenvalue weighted by Crippen LogP contribution is 2.26. The van der Waals surface area contributed by atoms with Crippen molar-refractivity contribution in [2.75, 3.05) is 18.8 Å². The molecular formula is C25H27N5O2S. The number of fused-ring (bicyclic) bond motifs is 3. The molecule has 1 saturated heterocycles. The predicted molar refractivity (Wildman–Crippen MR) is 131 cm³/mol. The van der Waals surface area contributed by atoms with Crippen LogP contribution in [0, 0.1) is 19.8 Å². The molecule has 2 aromatic heterocycles. The number of piperidine rings is 1. The first kappa shape index (κ1) is 21.7. The Morgan fingerprint density at radius 3 is 2.45 bits per heavy atom. The molecule has 1 amide bonds. The van der Waals surface area contributed by atoms with E-state index in [-0.39, 0.29) is 11.5 Å². The number of nitrogens with zero attached hydrogens (tertiary/aromatic N) is 5. The van der Waals surface area contributed by atoms with Gasteiger partial charge in [0.15, 0.2) is 5.16 Å². The summed E-state index contributed by atoms with van der Waals surface area (Å²) in [5.41, 5.74) is 3.41. The van der Waals surface area contributed by atoms with Gasteiger partial charge in [0.25, 0.3) is 5.56 Å². The lowest BCUT2D eigenvalue weighted by molar-refractivity contribution is -0.129. The number of amides is 1. The van der Waals surface area contributed by atoms with Crippen LogP contribution in [-0.2, 0) is 4.79 Å². The third kappa shape index (κ3) is 3.82. The third-order valence-corrected chi connectivity index (χ3v) is 7.43. The first-order valence-corrected chi connectivity index (χ1v) is 12.3. The largest absolute Gasteiger partial charge is 0.342 e. The summed E-state index contributed by atoms with van der Waals surface area (Å²) in [6.07, 6.45) is 2.11. The monoisotopic (exact) mass is 461 g/mol. The second kappa shape index (κ2) is 8.67. The van der Waals surface area contributed by atoms with Crippen molar-refractivity contribution in [3.8, 4) is 5.69 Å². The lowest BCUT2D eigenvalue weighted by atomic mass is 9.99. The molecule has 0 aliphatic carbocycles. The Morgan fingerprint density at radius 2 is 1.73 bits per heavy atom. The van der Waals surface area contributed by atoms with E-state index >= 15 is 0 Å². The second-order valence-corrected chi connectivity index (χ2v) is 9.81. The van der Waals surface area contributed by atoms with Gasteiger partial charge in [-0.25, -0.2) is 4.57 Å². The van der Waals surface area contributed by atoms with E-state index in [1.54, 1.807) is 4.57 Å². The van der Waals surface area contributed by atoms with E-state index in [9.17, 15) is 9.59 Å². The summed E-state index contributed by atoms with van der Waals surface area (Å²) < 4.78 is 3.55. The Hall–Kier alpha value is -3.13. The number of rotatable bonds is 4. The van der Waals surface area contributed by atoms with Crippen molar-refractivity contribution in [3.05, 3.63) is 63.9 Å². The van der Waals surface area contributed by atoms with Gasteiger partial charge in [0.2, 0.25) is 11.7 Å². The normalized spacial score (nSPS) is 14.9.